The van der Waals surface area contributed by atoms with E-state index < -0.39 is 13.2 Å². The van der Waals surface area contributed by atoms with Gasteiger partial charge in [0.2, 0.25) is 17.7 Å². The second-order valence-electron chi connectivity index (χ2n) is 15.2. The van der Waals surface area contributed by atoms with Crippen molar-refractivity contribution in [1.82, 2.24) is 29.6 Å². The average Bonchev–Trinajstić information content (AvgIpc) is 3.12. The molecule has 4 fully saturated rings. The van der Waals surface area contributed by atoms with Crippen molar-refractivity contribution < 1.29 is 29.3 Å². The first-order valence-electron chi connectivity index (χ1n) is 17.9. The molecule has 0 radical (unpaired) electrons. The van der Waals surface area contributed by atoms with E-state index in [-0.39, 0.29) is 22.6 Å². The maximum Gasteiger partial charge on any atom is 0.248 e. The number of aliphatic hydroxyl groups excluding tert-OH is 2. The molecule has 0 unspecified atom stereocenters. The lowest BCUT2D eigenvalue weighted by Gasteiger charge is -2.60. The van der Waals surface area contributed by atoms with E-state index in [0.29, 0.717) is 60.0 Å². The van der Waals surface area contributed by atoms with Crippen LogP contribution in [-0.2, 0) is 22.7 Å². The van der Waals surface area contributed by atoms with Gasteiger partial charge in [-0.3, -0.25) is 24.4 Å². The molecule has 4 aliphatic rings. The van der Waals surface area contributed by atoms with Gasteiger partial charge in [0.05, 0.1) is 35.7 Å². The Morgan fingerprint density at radius 3 is 1.89 bits per heavy atom. The number of ether oxygens (including phenoxy) is 2. The molecule has 0 aliphatic carbocycles. The fraction of sp³-hybridized carbons (Fsp3) is 0.400. The molecule has 4 aromatic rings. The number of rotatable bonds is 11. The Morgan fingerprint density at radius 2 is 1.30 bits per heavy atom. The number of methoxy groups -OCH3 is 2. The summed E-state index contributed by atoms with van der Waals surface area (Å²) < 4.78 is 11.6. The third-order valence-electron chi connectivity index (χ3n) is 11.3. The predicted octanol–water partition coefficient (Wildman–Crippen LogP) is 4.07. The van der Waals surface area contributed by atoms with E-state index in [9.17, 15) is 9.59 Å². The van der Waals surface area contributed by atoms with Gasteiger partial charge in [0, 0.05) is 116 Å². The van der Waals surface area contributed by atoms with Crippen LogP contribution in [0.25, 0.3) is 33.6 Å². The molecule has 4 aliphatic heterocycles. The summed E-state index contributed by atoms with van der Waals surface area (Å²) in [6, 6.07) is 17.6. The van der Waals surface area contributed by atoms with Gasteiger partial charge in [-0.2, -0.15) is 0 Å². The van der Waals surface area contributed by atoms with Crippen molar-refractivity contribution in [2.24, 2.45) is 10.8 Å². The number of benzene rings is 2. The summed E-state index contributed by atoms with van der Waals surface area (Å²) in [6.45, 7) is 6.83. The van der Waals surface area contributed by atoms with Crippen LogP contribution in [0.4, 0.5) is 0 Å². The normalized spacial score (nSPS) is 18.5. The number of likely N-dealkylation sites (tertiary alicyclic amines) is 4. The molecule has 2 spiro atoms. The Hall–Kier alpha value is -4.30. The molecule has 4 saturated heterocycles. The zero-order valence-electron chi connectivity index (χ0n) is 30.2. The van der Waals surface area contributed by atoms with Gasteiger partial charge in [-0.25, -0.2) is 4.98 Å². The van der Waals surface area contributed by atoms with Crippen molar-refractivity contribution in [2.45, 2.75) is 13.1 Å². The lowest BCUT2D eigenvalue weighted by atomic mass is 9.72. The van der Waals surface area contributed by atoms with Gasteiger partial charge in [-0.15, -0.1) is 0 Å². The molecule has 0 atom stereocenters. The third-order valence-corrected chi connectivity index (χ3v) is 12.0. The van der Waals surface area contributed by atoms with Gasteiger partial charge in [-0.1, -0.05) is 59.6 Å². The summed E-state index contributed by atoms with van der Waals surface area (Å²) in [4.78, 5) is 41.1. The number of hydrogen-bond acceptors (Lipinski definition) is 10. The van der Waals surface area contributed by atoms with Crippen molar-refractivity contribution in [3.8, 4) is 45.3 Å². The van der Waals surface area contributed by atoms with Gasteiger partial charge in [0.1, 0.15) is 19.0 Å². The van der Waals surface area contributed by atoms with Crippen LogP contribution in [0.2, 0.25) is 10.0 Å². The van der Waals surface area contributed by atoms with E-state index >= 15 is 0 Å². The van der Waals surface area contributed by atoms with Crippen molar-refractivity contribution in [3.05, 3.63) is 82.0 Å². The fourth-order valence-electron chi connectivity index (χ4n) is 8.72. The average molecular weight is 774 g/mol. The maximum atomic E-state index is 11.8. The number of carbonyl (C=O) groups excluding carboxylic acids is 2. The van der Waals surface area contributed by atoms with Crippen LogP contribution in [-0.4, -0.2) is 131 Å². The molecule has 0 saturated carbocycles. The van der Waals surface area contributed by atoms with Crippen LogP contribution in [0.15, 0.2) is 60.8 Å². The molecule has 282 valence electrons. The topological polar surface area (TPSA) is 132 Å². The first-order chi connectivity index (χ1) is 26.1. The van der Waals surface area contributed by atoms with E-state index in [0.717, 1.165) is 71.9 Å². The quantitative estimate of drug-likeness (QED) is 0.230. The first kappa shape index (κ1) is 36.7. The minimum atomic E-state index is -0.440. The summed E-state index contributed by atoms with van der Waals surface area (Å²) in [5.74, 6) is 0.849. The summed E-state index contributed by atoms with van der Waals surface area (Å²) in [5, 5.41) is 19.2. The third kappa shape index (κ3) is 6.58. The van der Waals surface area contributed by atoms with Crippen molar-refractivity contribution in [3.63, 3.8) is 0 Å². The van der Waals surface area contributed by atoms with Crippen LogP contribution < -0.4 is 9.47 Å². The van der Waals surface area contributed by atoms with Crippen LogP contribution in [0.1, 0.15) is 11.1 Å². The van der Waals surface area contributed by atoms with Crippen LogP contribution in [0.5, 0.6) is 11.6 Å². The van der Waals surface area contributed by atoms with Gasteiger partial charge in [0.25, 0.3) is 0 Å². The summed E-state index contributed by atoms with van der Waals surface area (Å²) in [7, 11) is 3.27. The number of amides is 2. The second kappa shape index (κ2) is 14.4. The highest BCUT2D eigenvalue weighted by Crippen LogP contribution is 2.45. The number of carbonyl (C=O) groups is 2. The zero-order valence-corrected chi connectivity index (χ0v) is 31.7. The molecular formula is C40H42Cl2N6O6. The molecule has 54 heavy (non-hydrogen) atoms. The van der Waals surface area contributed by atoms with E-state index in [4.69, 9.17) is 47.9 Å². The standard InChI is InChI=1S/C40H42Cl2N6O6/c1-53-32-12-25(6-7-26(32)13-45-17-39(18-45)21-47(22-39)33(51)15-49)37-36(42)29(10-11-43-37)28-4-3-5-30(35(28)41)31-9-8-27(38(44-31)54-2)14-46-19-40(20-46)23-48(24-40)34(52)16-50/h3-12,49-50H,13-24H2,1-2H3. The van der Waals surface area contributed by atoms with Gasteiger partial charge >= 0.3 is 0 Å². The van der Waals surface area contributed by atoms with E-state index in [1.807, 2.05) is 54.6 Å². The molecule has 14 heteroatoms. The molecule has 6 heterocycles. The van der Waals surface area contributed by atoms with E-state index in [2.05, 4.69) is 14.8 Å². The summed E-state index contributed by atoms with van der Waals surface area (Å²) in [5.41, 5.74) is 6.58. The van der Waals surface area contributed by atoms with Crippen molar-refractivity contribution in [2.75, 3.05) is 79.8 Å². The van der Waals surface area contributed by atoms with E-state index in [1.165, 1.54) is 0 Å². The summed E-state index contributed by atoms with van der Waals surface area (Å²) in [6.07, 6.45) is 1.73. The van der Waals surface area contributed by atoms with Crippen molar-refractivity contribution >= 4 is 35.0 Å². The first-order valence-corrected chi connectivity index (χ1v) is 18.7. The molecule has 12 nitrogen and oxygen atoms in total. The number of aromatic nitrogens is 2. The monoisotopic (exact) mass is 772 g/mol. The lowest BCUT2D eigenvalue weighted by molar-refractivity contribution is -0.162. The highest BCUT2D eigenvalue weighted by atomic mass is 35.5. The van der Waals surface area contributed by atoms with Crippen molar-refractivity contribution in [1.29, 1.82) is 0 Å². The highest BCUT2D eigenvalue weighted by Gasteiger charge is 2.53. The number of aliphatic hydroxyl groups is 2. The molecule has 2 aromatic heterocycles. The maximum absolute atomic E-state index is 11.8. The zero-order chi connectivity index (χ0) is 37.8. The number of hydrogen-bond donors (Lipinski definition) is 2. The minimum absolute atomic E-state index is 0.118. The van der Waals surface area contributed by atoms with Gasteiger partial charge < -0.3 is 29.5 Å². The molecule has 8 rings (SSSR count). The molecule has 2 N–H and O–H groups in total. The van der Waals surface area contributed by atoms with Gasteiger partial charge in [-0.05, 0) is 18.2 Å². The number of pyridine rings is 2. The smallest absolute Gasteiger partial charge is 0.248 e. The lowest BCUT2D eigenvalue weighted by Crippen LogP contribution is -2.72. The molecule has 2 amide bonds. The Balaban J connectivity index is 0.963. The molecule has 0 bridgehead atoms. The Labute approximate surface area is 323 Å². The molecule has 2 aromatic carbocycles. The highest BCUT2D eigenvalue weighted by molar-refractivity contribution is 6.39. The Morgan fingerprint density at radius 1 is 0.722 bits per heavy atom. The number of nitrogens with zero attached hydrogens (tertiary/aromatic N) is 6. The minimum Gasteiger partial charge on any atom is -0.496 e. The fourth-order valence-corrected chi connectivity index (χ4v) is 9.37. The predicted molar refractivity (Wildman–Crippen MR) is 204 cm³/mol. The second-order valence-corrected chi connectivity index (χ2v) is 15.9. The Kier molecular flexibility index (Phi) is 9.78. The van der Waals surface area contributed by atoms with E-state index in [1.54, 1.807) is 30.2 Å². The Bertz CT molecular complexity index is 1960. The largest absolute Gasteiger partial charge is 0.496 e. The van der Waals surface area contributed by atoms with Gasteiger partial charge in [0.15, 0.2) is 0 Å². The van der Waals surface area contributed by atoms with Crippen LogP contribution >= 0.6 is 23.2 Å². The van der Waals surface area contributed by atoms with Crippen LogP contribution in [0, 0.1) is 10.8 Å². The molecular weight excluding hydrogens is 731 g/mol. The van der Waals surface area contributed by atoms with Crippen LogP contribution in [0.3, 0.4) is 0 Å². The SMILES string of the molecule is COc1cc(-c2nccc(-c3cccc(-c4ccc(CN5CC6(C5)CN(C(=O)CO)C6)c(OC)n4)c3Cl)c2Cl)ccc1CN1CC2(C1)CN(C(=O)CO)C2. The number of halogens is 2. The summed E-state index contributed by atoms with van der Waals surface area (Å²) >= 11 is 14.2.